The number of nitrogens with zero attached hydrogens (tertiary/aromatic N) is 1. The van der Waals surface area contributed by atoms with Gasteiger partial charge in [-0.3, -0.25) is 4.79 Å². The van der Waals surface area contributed by atoms with Crippen LogP contribution < -0.4 is 10.6 Å². The molecule has 4 heteroatoms. The summed E-state index contributed by atoms with van der Waals surface area (Å²) in [5, 5.41) is 13.8. The number of nitrogens with one attached hydrogen (secondary N) is 2. The minimum absolute atomic E-state index is 0.0181. The van der Waals surface area contributed by atoms with Crippen LogP contribution in [0.4, 0.5) is 0 Å². The number of rotatable bonds is 5. The van der Waals surface area contributed by atoms with E-state index in [9.17, 15) is 4.79 Å². The minimum atomic E-state index is -0.160. The first-order valence-corrected chi connectivity index (χ1v) is 4.04. The molecule has 2 N–H and O–H groups in total. The zero-order chi connectivity index (χ0) is 9.40. The summed E-state index contributed by atoms with van der Waals surface area (Å²) in [6.45, 7) is 2.37. The van der Waals surface area contributed by atoms with E-state index in [1.165, 1.54) is 0 Å². The van der Waals surface area contributed by atoms with Gasteiger partial charge in [-0.25, -0.2) is 0 Å². The molecular formula is C8H15N3O. The molecule has 0 heterocycles. The smallest absolute Gasteiger partial charge is 0.236 e. The van der Waals surface area contributed by atoms with Crippen LogP contribution in [0.3, 0.4) is 0 Å². The van der Waals surface area contributed by atoms with Crippen LogP contribution in [-0.4, -0.2) is 25.5 Å². The molecule has 0 aliphatic heterocycles. The number of unbranched alkanes of at least 4 members (excludes halogenated alkanes) is 1. The monoisotopic (exact) mass is 169 g/mol. The minimum Gasteiger partial charge on any atom is -0.355 e. The number of nitriles is 1. The van der Waals surface area contributed by atoms with Crippen LogP contribution in [0.1, 0.15) is 19.8 Å². The van der Waals surface area contributed by atoms with Gasteiger partial charge >= 0.3 is 0 Å². The van der Waals surface area contributed by atoms with E-state index in [-0.39, 0.29) is 11.9 Å². The van der Waals surface area contributed by atoms with E-state index in [0.717, 1.165) is 6.42 Å². The second-order valence-corrected chi connectivity index (χ2v) is 2.56. The summed E-state index contributed by atoms with van der Waals surface area (Å²) in [7, 11) is 1.74. The molecule has 1 amide bonds. The SMILES string of the molecule is CNC(C)C(=O)NCCCC#N. The van der Waals surface area contributed by atoms with Crippen LogP contribution in [0.2, 0.25) is 0 Å². The fourth-order valence-electron chi connectivity index (χ4n) is 0.663. The van der Waals surface area contributed by atoms with Crippen molar-refractivity contribution in [2.75, 3.05) is 13.6 Å². The van der Waals surface area contributed by atoms with Crippen molar-refractivity contribution in [3.63, 3.8) is 0 Å². The molecule has 0 aliphatic carbocycles. The molecule has 12 heavy (non-hydrogen) atoms. The van der Waals surface area contributed by atoms with E-state index in [1.807, 2.05) is 6.07 Å². The average molecular weight is 169 g/mol. The van der Waals surface area contributed by atoms with Gasteiger partial charge in [0.05, 0.1) is 12.1 Å². The lowest BCUT2D eigenvalue weighted by Gasteiger charge is -2.09. The van der Waals surface area contributed by atoms with Crippen molar-refractivity contribution in [3.05, 3.63) is 0 Å². The van der Waals surface area contributed by atoms with Gasteiger partial charge in [0.1, 0.15) is 0 Å². The first-order chi connectivity index (χ1) is 5.72. The summed E-state index contributed by atoms with van der Waals surface area (Å²) in [5.41, 5.74) is 0. The molecule has 1 unspecified atom stereocenters. The number of carbonyl (C=O) groups is 1. The van der Waals surface area contributed by atoms with Gasteiger partial charge in [-0.15, -0.1) is 0 Å². The Kier molecular flexibility index (Phi) is 6.02. The van der Waals surface area contributed by atoms with Gasteiger partial charge in [-0.05, 0) is 20.4 Å². The van der Waals surface area contributed by atoms with Crippen molar-refractivity contribution in [2.45, 2.75) is 25.8 Å². The Morgan fingerprint density at radius 3 is 2.83 bits per heavy atom. The van der Waals surface area contributed by atoms with Gasteiger partial charge < -0.3 is 10.6 Å². The molecule has 0 bridgehead atoms. The van der Waals surface area contributed by atoms with Crippen molar-refractivity contribution < 1.29 is 4.79 Å². The van der Waals surface area contributed by atoms with Crippen LogP contribution in [-0.2, 0) is 4.79 Å². The molecule has 0 rings (SSSR count). The molecule has 0 spiro atoms. The second-order valence-electron chi connectivity index (χ2n) is 2.56. The molecule has 0 saturated carbocycles. The maximum Gasteiger partial charge on any atom is 0.236 e. The second kappa shape index (κ2) is 6.62. The molecule has 0 fully saturated rings. The van der Waals surface area contributed by atoms with E-state index in [0.29, 0.717) is 13.0 Å². The van der Waals surface area contributed by atoms with Crippen molar-refractivity contribution >= 4 is 5.91 Å². The molecule has 68 valence electrons. The number of amides is 1. The van der Waals surface area contributed by atoms with Gasteiger partial charge in [0.2, 0.25) is 5.91 Å². The lowest BCUT2D eigenvalue weighted by atomic mass is 10.3. The van der Waals surface area contributed by atoms with Gasteiger partial charge in [0, 0.05) is 13.0 Å². The van der Waals surface area contributed by atoms with Crippen molar-refractivity contribution in [2.24, 2.45) is 0 Å². The third-order valence-electron chi connectivity index (χ3n) is 1.59. The highest BCUT2D eigenvalue weighted by Crippen LogP contribution is 1.84. The fraction of sp³-hybridized carbons (Fsp3) is 0.750. The van der Waals surface area contributed by atoms with Crippen molar-refractivity contribution in [1.82, 2.24) is 10.6 Å². The Hall–Kier alpha value is -1.08. The predicted molar refractivity (Wildman–Crippen MR) is 46.4 cm³/mol. The summed E-state index contributed by atoms with van der Waals surface area (Å²) < 4.78 is 0. The third-order valence-corrected chi connectivity index (χ3v) is 1.59. The lowest BCUT2D eigenvalue weighted by Crippen LogP contribution is -2.40. The van der Waals surface area contributed by atoms with E-state index in [1.54, 1.807) is 14.0 Å². The van der Waals surface area contributed by atoms with Crippen LogP contribution in [0.25, 0.3) is 0 Å². The molecule has 0 aliphatic rings. The molecule has 1 atom stereocenters. The van der Waals surface area contributed by atoms with Crippen LogP contribution in [0, 0.1) is 11.3 Å². The van der Waals surface area contributed by atoms with Crippen molar-refractivity contribution in [3.8, 4) is 6.07 Å². The summed E-state index contributed by atoms with van der Waals surface area (Å²) in [4.78, 5) is 11.1. The summed E-state index contributed by atoms with van der Waals surface area (Å²) >= 11 is 0. The predicted octanol–water partition coefficient (Wildman–Crippen LogP) is 0.0143. The molecule has 0 aromatic rings. The van der Waals surface area contributed by atoms with Gasteiger partial charge in [0.15, 0.2) is 0 Å². The normalized spacial score (nSPS) is 11.8. The Morgan fingerprint density at radius 2 is 2.33 bits per heavy atom. The Labute approximate surface area is 72.9 Å². The lowest BCUT2D eigenvalue weighted by molar-refractivity contribution is -0.122. The maximum atomic E-state index is 11.1. The molecule has 0 saturated heterocycles. The van der Waals surface area contributed by atoms with E-state index in [2.05, 4.69) is 10.6 Å². The maximum absolute atomic E-state index is 11.1. The number of hydrogen-bond donors (Lipinski definition) is 2. The van der Waals surface area contributed by atoms with Crippen molar-refractivity contribution in [1.29, 1.82) is 5.26 Å². The quantitative estimate of drug-likeness (QED) is 0.570. The molecule has 4 nitrogen and oxygen atoms in total. The highest BCUT2D eigenvalue weighted by atomic mass is 16.2. The molecular weight excluding hydrogens is 154 g/mol. The van der Waals surface area contributed by atoms with Gasteiger partial charge in [-0.1, -0.05) is 0 Å². The first kappa shape index (κ1) is 10.9. The van der Waals surface area contributed by atoms with E-state index >= 15 is 0 Å². The highest BCUT2D eigenvalue weighted by molar-refractivity contribution is 5.81. The highest BCUT2D eigenvalue weighted by Gasteiger charge is 2.07. The van der Waals surface area contributed by atoms with Gasteiger partial charge in [-0.2, -0.15) is 5.26 Å². The summed E-state index contributed by atoms with van der Waals surface area (Å²) in [6, 6.07) is 1.86. The number of likely N-dealkylation sites (N-methyl/N-ethyl adjacent to an activating group) is 1. The molecule has 0 aromatic heterocycles. The summed E-state index contributed by atoms with van der Waals surface area (Å²) in [6.07, 6.45) is 1.22. The summed E-state index contributed by atoms with van der Waals surface area (Å²) in [5.74, 6) is -0.0181. The van der Waals surface area contributed by atoms with Crippen LogP contribution in [0.5, 0.6) is 0 Å². The molecule has 0 radical (unpaired) electrons. The van der Waals surface area contributed by atoms with Crippen LogP contribution in [0.15, 0.2) is 0 Å². The average Bonchev–Trinajstić information content (AvgIpc) is 2.10. The Morgan fingerprint density at radius 1 is 1.67 bits per heavy atom. The van der Waals surface area contributed by atoms with Crippen LogP contribution >= 0.6 is 0 Å². The standard InChI is InChI=1S/C8H15N3O/c1-7(10-2)8(12)11-6-4-3-5-9/h7,10H,3-4,6H2,1-2H3,(H,11,12). The third kappa shape index (κ3) is 4.69. The Balaban J connectivity index is 3.39. The topological polar surface area (TPSA) is 64.9 Å². The molecule has 0 aromatic carbocycles. The first-order valence-electron chi connectivity index (χ1n) is 4.04. The van der Waals surface area contributed by atoms with Gasteiger partial charge in [0.25, 0.3) is 0 Å². The largest absolute Gasteiger partial charge is 0.355 e. The van der Waals surface area contributed by atoms with E-state index in [4.69, 9.17) is 5.26 Å². The number of carbonyl (C=O) groups excluding carboxylic acids is 1. The Bertz CT molecular complexity index is 174. The number of hydrogen-bond acceptors (Lipinski definition) is 3. The van der Waals surface area contributed by atoms with E-state index < -0.39 is 0 Å². The zero-order valence-electron chi connectivity index (χ0n) is 7.55. The zero-order valence-corrected chi connectivity index (χ0v) is 7.55. The fourth-order valence-corrected chi connectivity index (χ4v) is 0.663.